The van der Waals surface area contributed by atoms with Crippen molar-refractivity contribution < 1.29 is 18.4 Å². The number of hydrogen-bond acceptors (Lipinski definition) is 4. The van der Waals surface area contributed by atoms with Crippen LogP contribution in [0.3, 0.4) is 0 Å². The summed E-state index contributed by atoms with van der Waals surface area (Å²) in [6.07, 6.45) is 1.68. The fourth-order valence-corrected chi connectivity index (χ4v) is 3.34. The van der Waals surface area contributed by atoms with Gasteiger partial charge in [0.2, 0.25) is 0 Å². The van der Waals surface area contributed by atoms with Crippen LogP contribution in [0.5, 0.6) is 0 Å². The minimum atomic E-state index is -0.349. The van der Waals surface area contributed by atoms with Crippen LogP contribution in [-0.2, 0) is 11.4 Å². The van der Waals surface area contributed by atoms with Gasteiger partial charge in [-0.05, 0) is 47.5 Å². The predicted molar refractivity (Wildman–Crippen MR) is 107 cm³/mol. The number of rotatable bonds is 6. The van der Waals surface area contributed by atoms with E-state index in [1.54, 1.807) is 41.3 Å². The lowest BCUT2D eigenvalue weighted by atomic mass is 10.0. The number of hydrogen-bond donors (Lipinski definition) is 0. The van der Waals surface area contributed by atoms with Crippen LogP contribution in [0.4, 0.5) is 4.39 Å². The number of amides is 1. The van der Waals surface area contributed by atoms with E-state index in [1.165, 1.54) is 18.4 Å². The number of benzene rings is 2. The summed E-state index contributed by atoms with van der Waals surface area (Å²) >= 11 is 5.94. The van der Waals surface area contributed by atoms with Gasteiger partial charge in [0, 0.05) is 18.0 Å². The number of oxime groups is 1. The van der Waals surface area contributed by atoms with E-state index in [0.717, 1.165) is 11.3 Å². The normalized spacial score (nSPS) is 15.7. The molecule has 1 aliphatic rings. The minimum Gasteiger partial charge on any atom is -0.459 e. The molecular weight excluding hydrogens is 395 g/mol. The van der Waals surface area contributed by atoms with E-state index < -0.39 is 0 Å². The molecule has 0 bridgehead atoms. The maximum atomic E-state index is 13.6. The average Bonchev–Trinajstić information content (AvgIpc) is 3.40. The molecule has 4 rings (SSSR count). The fraction of sp³-hybridized carbons (Fsp3) is 0.182. The van der Waals surface area contributed by atoms with Gasteiger partial charge >= 0.3 is 0 Å². The van der Waals surface area contributed by atoms with Gasteiger partial charge in [-0.2, -0.15) is 0 Å². The maximum absolute atomic E-state index is 13.6. The van der Waals surface area contributed by atoms with E-state index in [0.29, 0.717) is 17.0 Å². The van der Waals surface area contributed by atoms with Crippen molar-refractivity contribution >= 4 is 23.2 Å². The largest absolute Gasteiger partial charge is 0.459 e. The number of nitrogens with zero attached hydrogens (tertiary/aromatic N) is 2. The van der Waals surface area contributed by atoms with Crippen molar-refractivity contribution in [2.75, 3.05) is 6.54 Å². The van der Waals surface area contributed by atoms with Gasteiger partial charge in [0.25, 0.3) is 5.91 Å². The van der Waals surface area contributed by atoms with Crippen LogP contribution in [0.2, 0.25) is 5.02 Å². The molecule has 148 valence electrons. The molecule has 3 aromatic rings. The molecule has 1 amide bonds. The van der Waals surface area contributed by atoms with Gasteiger partial charge in [0.1, 0.15) is 5.82 Å². The lowest BCUT2D eigenvalue weighted by Gasteiger charge is -2.24. The van der Waals surface area contributed by atoms with Gasteiger partial charge in [0.15, 0.2) is 11.9 Å². The summed E-state index contributed by atoms with van der Waals surface area (Å²) in [7, 11) is 0. The predicted octanol–water partition coefficient (Wildman–Crippen LogP) is 4.91. The first kappa shape index (κ1) is 19.2. The van der Waals surface area contributed by atoms with Crippen LogP contribution in [0, 0.1) is 5.82 Å². The second kappa shape index (κ2) is 8.49. The number of carbonyl (C=O) groups excluding carboxylic acids is 1. The summed E-state index contributed by atoms with van der Waals surface area (Å²) in [5.74, 6) is -0.417. The number of halogens is 2. The Bertz CT molecular complexity index is 1020. The summed E-state index contributed by atoms with van der Waals surface area (Å²) in [5, 5.41) is 4.81. The topological polar surface area (TPSA) is 55.0 Å². The maximum Gasteiger partial charge on any atom is 0.289 e. The second-order valence-corrected chi connectivity index (χ2v) is 7.21. The molecule has 7 heteroatoms. The smallest absolute Gasteiger partial charge is 0.289 e. The molecule has 2 heterocycles. The lowest BCUT2D eigenvalue weighted by Crippen LogP contribution is -2.37. The third-order valence-corrected chi connectivity index (χ3v) is 4.87. The molecule has 0 fully saturated rings. The van der Waals surface area contributed by atoms with Gasteiger partial charge in [-0.3, -0.25) is 4.79 Å². The zero-order valence-corrected chi connectivity index (χ0v) is 16.2. The zero-order chi connectivity index (χ0) is 20.2. The van der Waals surface area contributed by atoms with Crippen LogP contribution in [0.25, 0.3) is 0 Å². The van der Waals surface area contributed by atoms with Crippen LogP contribution in [-0.4, -0.2) is 29.2 Å². The van der Waals surface area contributed by atoms with E-state index in [1.807, 2.05) is 12.1 Å². The lowest BCUT2D eigenvalue weighted by molar-refractivity contribution is 0.0387. The molecule has 2 aromatic carbocycles. The first-order chi connectivity index (χ1) is 14.1. The summed E-state index contributed by atoms with van der Waals surface area (Å²) in [6, 6.07) is 16.8. The standard InChI is InChI=1S/C22H18ClFN2O3/c23-17-8-6-16(7-9-17)20-12-19(29-25-20)14-26(22(27)21-5-2-10-28-21)13-15-3-1-4-18(24)11-15/h1-11,19H,12-14H2/t19-/m1/s1. The van der Waals surface area contributed by atoms with E-state index in [4.69, 9.17) is 20.9 Å². The van der Waals surface area contributed by atoms with Crippen molar-refractivity contribution in [2.24, 2.45) is 5.16 Å². The van der Waals surface area contributed by atoms with Crippen LogP contribution < -0.4 is 0 Å². The Labute approximate surface area is 172 Å². The molecule has 0 saturated heterocycles. The second-order valence-electron chi connectivity index (χ2n) is 6.77. The SMILES string of the molecule is O=C(c1ccco1)N(Cc1cccc(F)c1)C[C@H]1CC(c2ccc(Cl)cc2)=NO1. The quantitative estimate of drug-likeness (QED) is 0.578. The monoisotopic (exact) mass is 412 g/mol. The molecule has 1 atom stereocenters. The van der Waals surface area contributed by atoms with E-state index in [-0.39, 0.29) is 36.7 Å². The Morgan fingerprint density at radius 2 is 2.00 bits per heavy atom. The Kier molecular flexibility index (Phi) is 5.62. The zero-order valence-electron chi connectivity index (χ0n) is 15.4. The molecule has 0 spiro atoms. The molecular formula is C22H18ClFN2O3. The summed E-state index contributed by atoms with van der Waals surface area (Å²) in [4.78, 5) is 20.1. The van der Waals surface area contributed by atoms with E-state index in [9.17, 15) is 9.18 Å². The highest BCUT2D eigenvalue weighted by Gasteiger charge is 2.28. The third-order valence-electron chi connectivity index (χ3n) is 4.62. The van der Waals surface area contributed by atoms with Gasteiger partial charge in [-0.25, -0.2) is 4.39 Å². The van der Waals surface area contributed by atoms with Crippen LogP contribution in [0.1, 0.15) is 28.1 Å². The van der Waals surface area contributed by atoms with E-state index in [2.05, 4.69) is 5.16 Å². The molecule has 0 unspecified atom stereocenters. The fourth-order valence-electron chi connectivity index (χ4n) is 3.22. The highest BCUT2D eigenvalue weighted by molar-refractivity contribution is 6.30. The minimum absolute atomic E-state index is 0.221. The van der Waals surface area contributed by atoms with Gasteiger partial charge in [0.05, 0.1) is 18.5 Å². The summed E-state index contributed by atoms with van der Waals surface area (Å²) in [6.45, 7) is 0.518. The van der Waals surface area contributed by atoms with Crippen molar-refractivity contribution in [1.82, 2.24) is 4.90 Å². The van der Waals surface area contributed by atoms with Gasteiger partial charge < -0.3 is 14.2 Å². The van der Waals surface area contributed by atoms with Crippen LogP contribution >= 0.6 is 11.6 Å². The summed E-state index contributed by atoms with van der Waals surface area (Å²) in [5.41, 5.74) is 2.40. The molecule has 0 aliphatic carbocycles. The highest BCUT2D eigenvalue weighted by atomic mass is 35.5. The number of carbonyl (C=O) groups is 1. The van der Waals surface area contributed by atoms with Gasteiger partial charge in [-0.15, -0.1) is 0 Å². The molecule has 0 radical (unpaired) electrons. The van der Waals surface area contributed by atoms with Gasteiger partial charge in [-0.1, -0.05) is 41.0 Å². The van der Waals surface area contributed by atoms with Crippen molar-refractivity contribution in [2.45, 2.75) is 19.1 Å². The molecule has 0 saturated carbocycles. The van der Waals surface area contributed by atoms with Crippen molar-refractivity contribution in [3.05, 3.63) is 94.7 Å². The Morgan fingerprint density at radius 3 is 2.72 bits per heavy atom. The highest BCUT2D eigenvalue weighted by Crippen LogP contribution is 2.21. The summed E-state index contributed by atoms with van der Waals surface area (Å²) < 4.78 is 18.8. The third kappa shape index (κ3) is 4.66. The number of furan rings is 1. The Balaban J connectivity index is 1.48. The Hall–Kier alpha value is -3.12. The van der Waals surface area contributed by atoms with Crippen molar-refractivity contribution in [3.63, 3.8) is 0 Å². The van der Waals surface area contributed by atoms with Crippen molar-refractivity contribution in [1.29, 1.82) is 0 Å². The van der Waals surface area contributed by atoms with Crippen LogP contribution in [0.15, 0.2) is 76.5 Å². The Morgan fingerprint density at radius 1 is 1.17 bits per heavy atom. The average molecular weight is 413 g/mol. The van der Waals surface area contributed by atoms with Crippen molar-refractivity contribution in [3.8, 4) is 0 Å². The first-order valence-electron chi connectivity index (χ1n) is 9.14. The molecule has 29 heavy (non-hydrogen) atoms. The first-order valence-corrected chi connectivity index (χ1v) is 9.52. The molecule has 0 N–H and O–H groups in total. The molecule has 5 nitrogen and oxygen atoms in total. The van der Waals surface area contributed by atoms with E-state index >= 15 is 0 Å². The molecule has 1 aromatic heterocycles. The molecule has 1 aliphatic heterocycles.